The van der Waals surface area contributed by atoms with E-state index < -0.39 is 0 Å². The van der Waals surface area contributed by atoms with Crippen LogP contribution in [0, 0.1) is 6.92 Å². The van der Waals surface area contributed by atoms with Crippen molar-refractivity contribution in [2.75, 3.05) is 11.9 Å². The largest absolute Gasteiger partial charge is 0.365 e. The minimum Gasteiger partial charge on any atom is -0.365 e. The summed E-state index contributed by atoms with van der Waals surface area (Å²) in [7, 11) is 0. The number of rotatable bonds is 7. The van der Waals surface area contributed by atoms with Crippen LogP contribution in [0.2, 0.25) is 0 Å². The molecule has 2 aromatic carbocycles. The molecule has 2 aromatic heterocycles. The molecule has 1 amide bonds. The molecule has 0 radical (unpaired) electrons. The number of carbonyl (C=O) groups is 1. The fraction of sp³-hybridized carbons (Fsp3) is 0.143. The van der Waals surface area contributed by atoms with E-state index in [4.69, 9.17) is 17.2 Å². The van der Waals surface area contributed by atoms with Crippen LogP contribution < -0.4 is 10.9 Å². The molecule has 3 heterocycles. The molecular formula is C28H24N4O2S2. The van der Waals surface area contributed by atoms with Gasteiger partial charge < -0.3 is 5.32 Å². The number of pyridine rings is 1. The summed E-state index contributed by atoms with van der Waals surface area (Å²) >= 11 is 6.72. The highest BCUT2D eigenvalue weighted by molar-refractivity contribution is 8.26. The number of benzene rings is 2. The number of amides is 1. The standard InChI is InChI=1S/C28H24N4O2S2/c1-19-10-12-21(13-11-19)18-29-25-22(26(33)31-15-6-5-9-24(31)30-25)17-23-27(34)32(28(35)36-23)16-14-20-7-3-2-4-8-20/h2-13,15,17,29H,14,16,18H2,1H3/b23-17-. The van der Waals surface area contributed by atoms with Gasteiger partial charge >= 0.3 is 0 Å². The van der Waals surface area contributed by atoms with Gasteiger partial charge in [0.1, 0.15) is 15.8 Å². The Hall–Kier alpha value is -3.75. The summed E-state index contributed by atoms with van der Waals surface area (Å²) in [6, 6.07) is 23.5. The quantitative estimate of drug-likeness (QED) is 0.276. The predicted octanol–water partition coefficient (Wildman–Crippen LogP) is 5.06. The lowest BCUT2D eigenvalue weighted by Gasteiger charge is -2.14. The summed E-state index contributed by atoms with van der Waals surface area (Å²) in [6.45, 7) is 3.02. The molecular weight excluding hydrogens is 488 g/mol. The number of nitrogens with one attached hydrogen (secondary N) is 1. The van der Waals surface area contributed by atoms with E-state index >= 15 is 0 Å². The Morgan fingerprint density at radius 2 is 1.72 bits per heavy atom. The van der Waals surface area contributed by atoms with Gasteiger partial charge in [0.25, 0.3) is 11.5 Å². The zero-order valence-electron chi connectivity index (χ0n) is 19.7. The number of anilines is 1. The van der Waals surface area contributed by atoms with Crippen LogP contribution >= 0.6 is 24.0 Å². The molecule has 1 N–H and O–H groups in total. The Morgan fingerprint density at radius 1 is 0.972 bits per heavy atom. The zero-order valence-corrected chi connectivity index (χ0v) is 21.3. The molecule has 8 heteroatoms. The van der Waals surface area contributed by atoms with Crippen molar-refractivity contribution in [1.82, 2.24) is 14.3 Å². The Labute approximate surface area is 218 Å². The zero-order chi connectivity index (χ0) is 25.1. The van der Waals surface area contributed by atoms with Gasteiger partial charge in [-0.05, 0) is 42.7 Å². The number of thiocarbonyl (C=S) groups is 1. The molecule has 6 nitrogen and oxygen atoms in total. The van der Waals surface area contributed by atoms with Gasteiger partial charge in [-0.3, -0.25) is 18.9 Å². The second-order valence-electron chi connectivity index (χ2n) is 8.52. The molecule has 1 saturated heterocycles. The molecule has 4 aromatic rings. The number of aryl methyl sites for hydroxylation is 1. The molecule has 1 aliphatic rings. The number of nitrogens with zero attached hydrogens (tertiary/aromatic N) is 3. The Kier molecular flexibility index (Phi) is 6.97. The van der Waals surface area contributed by atoms with Gasteiger partial charge in [0.05, 0.1) is 10.5 Å². The van der Waals surface area contributed by atoms with Crippen LogP contribution in [0.1, 0.15) is 22.3 Å². The number of thioether (sulfide) groups is 1. The molecule has 0 bridgehead atoms. The van der Waals surface area contributed by atoms with Gasteiger partial charge in [0.15, 0.2) is 0 Å². The first-order chi connectivity index (χ1) is 17.5. The van der Waals surface area contributed by atoms with Crippen molar-refractivity contribution in [1.29, 1.82) is 0 Å². The number of aromatic nitrogens is 2. The van der Waals surface area contributed by atoms with E-state index in [0.717, 1.165) is 11.1 Å². The maximum Gasteiger partial charge on any atom is 0.267 e. The van der Waals surface area contributed by atoms with Gasteiger partial charge in [0, 0.05) is 19.3 Å². The van der Waals surface area contributed by atoms with Gasteiger partial charge in [-0.25, -0.2) is 4.98 Å². The van der Waals surface area contributed by atoms with Crippen LogP contribution in [0.15, 0.2) is 88.7 Å². The average molecular weight is 513 g/mol. The lowest BCUT2D eigenvalue weighted by atomic mass is 10.1. The molecule has 1 fully saturated rings. The third-order valence-corrected chi connectivity index (χ3v) is 7.34. The third-order valence-electron chi connectivity index (χ3n) is 5.97. The van der Waals surface area contributed by atoms with Crippen molar-refractivity contribution >= 4 is 51.7 Å². The van der Waals surface area contributed by atoms with Crippen LogP contribution in [0.5, 0.6) is 0 Å². The Morgan fingerprint density at radius 3 is 2.50 bits per heavy atom. The number of hydrogen-bond donors (Lipinski definition) is 1. The summed E-state index contributed by atoms with van der Waals surface area (Å²) < 4.78 is 1.98. The van der Waals surface area contributed by atoms with Crippen molar-refractivity contribution in [2.45, 2.75) is 19.9 Å². The van der Waals surface area contributed by atoms with Crippen molar-refractivity contribution in [3.8, 4) is 0 Å². The van der Waals surface area contributed by atoms with E-state index in [1.54, 1.807) is 29.3 Å². The van der Waals surface area contributed by atoms with Gasteiger partial charge in [-0.1, -0.05) is 90.2 Å². The Bertz CT molecular complexity index is 1530. The maximum absolute atomic E-state index is 13.4. The lowest BCUT2D eigenvalue weighted by Crippen LogP contribution is -2.30. The minimum absolute atomic E-state index is 0.192. The van der Waals surface area contributed by atoms with E-state index in [0.29, 0.717) is 45.8 Å². The molecule has 180 valence electrons. The van der Waals surface area contributed by atoms with Crippen LogP contribution in [0.4, 0.5) is 5.82 Å². The highest BCUT2D eigenvalue weighted by atomic mass is 32.2. The van der Waals surface area contributed by atoms with Crippen LogP contribution in [-0.2, 0) is 17.8 Å². The van der Waals surface area contributed by atoms with E-state index in [1.165, 1.54) is 21.7 Å². The van der Waals surface area contributed by atoms with Gasteiger partial charge in [-0.15, -0.1) is 0 Å². The molecule has 1 aliphatic heterocycles. The van der Waals surface area contributed by atoms with E-state index in [-0.39, 0.29) is 11.5 Å². The summed E-state index contributed by atoms with van der Waals surface area (Å²) in [5.74, 6) is 0.240. The number of carbonyl (C=O) groups excluding carboxylic acids is 1. The molecule has 36 heavy (non-hydrogen) atoms. The lowest BCUT2D eigenvalue weighted by molar-refractivity contribution is -0.122. The fourth-order valence-corrected chi connectivity index (χ4v) is 5.26. The third kappa shape index (κ3) is 5.10. The van der Waals surface area contributed by atoms with E-state index in [9.17, 15) is 9.59 Å². The Balaban J connectivity index is 1.46. The normalized spacial score (nSPS) is 14.7. The molecule has 0 atom stereocenters. The number of hydrogen-bond acceptors (Lipinski definition) is 6. The first-order valence-corrected chi connectivity index (χ1v) is 12.8. The molecule has 0 unspecified atom stereocenters. The van der Waals surface area contributed by atoms with E-state index in [2.05, 4.69) is 5.32 Å². The van der Waals surface area contributed by atoms with E-state index in [1.807, 2.05) is 67.6 Å². The van der Waals surface area contributed by atoms with Gasteiger partial charge in [-0.2, -0.15) is 0 Å². The van der Waals surface area contributed by atoms with Crippen LogP contribution in [0.3, 0.4) is 0 Å². The minimum atomic E-state index is -0.249. The first kappa shape index (κ1) is 24.0. The first-order valence-electron chi connectivity index (χ1n) is 11.6. The number of fused-ring (bicyclic) bond motifs is 1. The van der Waals surface area contributed by atoms with Crippen molar-refractivity contribution < 1.29 is 4.79 Å². The SMILES string of the molecule is Cc1ccc(CNc2nc3ccccn3c(=O)c2/C=C2\SC(=S)N(CCc3ccccc3)C2=O)cc1. The second-order valence-corrected chi connectivity index (χ2v) is 10.2. The second kappa shape index (κ2) is 10.5. The highest BCUT2D eigenvalue weighted by Crippen LogP contribution is 2.33. The van der Waals surface area contributed by atoms with Crippen molar-refractivity contribution in [2.24, 2.45) is 0 Å². The summed E-state index contributed by atoms with van der Waals surface area (Å²) in [6.07, 6.45) is 4.00. The average Bonchev–Trinajstić information content (AvgIpc) is 3.16. The maximum atomic E-state index is 13.4. The highest BCUT2D eigenvalue weighted by Gasteiger charge is 2.32. The van der Waals surface area contributed by atoms with Crippen molar-refractivity contribution in [3.63, 3.8) is 0 Å². The predicted molar refractivity (Wildman–Crippen MR) is 150 cm³/mol. The molecule has 0 spiro atoms. The topological polar surface area (TPSA) is 66.7 Å². The molecule has 0 saturated carbocycles. The summed E-state index contributed by atoms with van der Waals surface area (Å²) in [4.78, 5) is 33.4. The van der Waals surface area contributed by atoms with Crippen LogP contribution in [-0.4, -0.2) is 31.1 Å². The van der Waals surface area contributed by atoms with Crippen LogP contribution in [0.25, 0.3) is 11.7 Å². The smallest absolute Gasteiger partial charge is 0.267 e. The molecule has 0 aliphatic carbocycles. The summed E-state index contributed by atoms with van der Waals surface area (Å²) in [5.41, 5.74) is 3.98. The fourth-order valence-electron chi connectivity index (χ4n) is 3.97. The molecule has 5 rings (SSSR count). The van der Waals surface area contributed by atoms with Gasteiger partial charge in [0.2, 0.25) is 0 Å². The van der Waals surface area contributed by atoms with Crippen molar-refractivity contribution in [3.05, 3.63) is 117 Å². The summed E-state index contributed by atoms with van der Waals surface area (Å²) in [5, 5.41) is 3.30. The monoisotopic (exact) mass is 512 g/mol.